The molecular formula is C13H14N2Na2O6S4. The largest absolute Gasteiger partial charge is 1.00 e. The molecule has 2 aliphatic rings. The summed E-state index contributed by atoms with van der Waals surface area (Å²) < 4.78 is 32.0. The van der Waals surface area contributed by atoms with E-state index in [-0.39, 0.29) is 70.5 Å². The molecule has 0 unspecified atom stereocenters. The molecule has 2 aliphatic heterocycles. The average Bonchev–Trinajstić information content (AvgIpc) is 3.03. The Bertz CT molecular complexity index is 756. The number of thiocarbonyl (C=S) groups is 1. The summed E-state index contributed by atoms with van der Waals surface area (Å²) in [5.74, 6) is -0.969. The molecule has 0 aromatic rings. The normalized spacial score (nSPS) is 20.2. The molecule has 2 fully saturated rings. The van der Waals surface area contributed by atoms with Gasteiger partial charge in [-0.1, -0.05) is 12.2 Å². The number of carbonyl (C=O) groups is 2. The number of allylic oxidation sites excluding steroid dienone is 2. The second-order valence-corrected chi connectivity index (χ2v) is 9.14. The minimum Gasteiger partial charge on any atom is -0.748 e. The Morgan fingerprint density at radius 3 is 2.56 bits per heavy atom. The van der Waals surface area contributed by atoms with Gasteiger partial charge in [-0.3, -0.25) is 9.69 Å². The molecule has 14 heteroatoms. The van der Waals surface area contributed by atoms with E-state index in [0.717, 1.165) is 34.0 Å². The minimum absolute atomic E-state index is 0. The number of thioether (sulfide) groups is 2. The number of aliphatic carboxylic acids is 1. The zero-order valence-electron chi connectivity index (χ0n) is 14.9. The fourth-order valence-corrected chi connectivity index (χ4v) is 4.91. The zero-order chi connectivity index (χ0) is 18.6. The van der Waals surface area contributed by atoms with Crippen molar-refractivity contribution in [1.29, 1.82) is 0 Å². The Labute approximate surface area is 215 Å². The summed E-state index contributed by atoms with van der Waals surface area (Å²) in [6, 6.07) is 0. The fourth-order valence-electron chi connectivity index (χ4n) is 2.20. The van der Waals surface area contributed by atoms with Crippen molar-refractivity contribution < 1.29 is 86.8 Å². The van der Waals surface area contributed by atoms with Crippen molar-refractivity contribution in [2.24, 2.45) is 0 Å². The molecule has 2 heterocycles. The average molecular weight is 469 g/mol. The van der Waals surface area contributed by atoms with Crippen molar-refractivity contribution in [3.05, 3.63) is 22.1 Å². The molecule has 27 heavy (non-hydrogen) atoms. The van der Waals surface area contributed by atoms with Gasteiger partial charge >= 0.3 is 59.1 Å². The quantitative estimate of drug-likeness (QED) is 0.154. The molecule has 0 saturated carbocycles. The summed E-state index contributed by atoms with van der Waals surface area (Å²) in [6.45, 7) is 0.589. The van der Waals surface area contributed by atoms with Gasteiger partial charge in [0.2, 0.25) is 0 Å². The Balaban J connectivity index is 0.00000338. The van der Waals surface area contributed by atoms with Gasteiger partial charge in [-0.05, 0) is 30.3 Å². The monoisotopic (exact) mass is 468 g/mol. The van der Waals surface area contributed by atoms with Crippen LogP contribution >= 0.6 is 35.7 Å². The maximum Gasteiger partial charge on any atom is 1.00 e. The summed E-state index contributed by atoms with van der Waals surface area (Å²) in [4.78, 5) is 26.0. The summed E-state index contributed by atoms with van der Waals surface area (Å²) in [5.41, 5.74) is 0. The van der Waals surface area contributed by atoms with Gasteiger partial charge in [-0.2, -0.15) is 0 Å². The van der Waals surface area contributed by atoms with E-state index in [1.807, 2.05) is 4.90 Å². The summed E-state index contributed by atoms with van der Waals surface area (Å²) >= 11 is 7.53. The number of carboxylic acids is 1. The van der Waals surface area contributed by atoms with Crippen molar-refractivity contribution in [2.75, 3.05) is 31.1 Å². The number of nitrogens with zero attached hydrogens (tertiary/aromatic N) is 2. The van der Waals surface area contributed by atoms with Gasteiger partial charge in [0.1, 0.15) is 4.99 Å². The molecule has 0 aromatic carbocycles. The maximum absolute atomic E-state index is 11.8. The minimum atomic E-state index is -4.22. The molecule has 0 aliphatic carbocycles. The Morgan fingerprint density at radius 2 is 1.96 bits per heavy atom. The SMILES string of the molecule is O=C([O-])CN1C(=O)S/C(=C\C=C2SCCN2CCCS(=O)(=O)[O-])C1=S.[Na+].[Na+]. The van der Waals surface area contributed by atoms with Crippen LogP contribution in [0.15, 0.2) is 22.1 Å². The van der Waals surface area contributed by atoms with Gasteiger partial charge in [0.05, 0.1) is 32.6 Å². The fraction of sp³-hybridized carbons (Fsp3) is 0.462. The second-order valence-electron chi connectivity index (χ2n) is 5.12. The predicted octanol–water partition coefficient (Wildman–Crippen LogP) is -6.05. The van der Waals surface area contributed by atoms with Crippen molar-refractivity contribution >= 4 is 62.1 Å². The van der Waals surface area contributed by atoms with Crippen LogP contribution in [0, 0.1) is 0 Å². The van der Waals surface area contributed by atoms with Crippen LogP contribution in [0.5, 0.6) is 0 Å². The first kappa shape index (κ1) is 27.9. The Kier molecular flexibility index (Phi) is 13.0. The van der Waals surface area contributed by atoms with Gasteiger partial charge in [0.25, 0.3) is 5.24 Å². The van der Waals surface area contributed by atoms with E-state index in [4.69, 9.17) is 12.2 Å². The van der Waals surface area contributed by atoms with Crippen molar-refractivity contribution in [3.63, 3.8) is 0 Å². The van der Waals surface area contributed by atoms with Gasteiger partial charge in [-0.15, -0.1) is 11.8 Å². The van der Waals surface area contributed by atoms with Gasteiger partial charge in [-0.25, -0.2) is 8.42 Å². The third kappa shape index (κ3) is 9.08. The van der Waals surface area contributed by atoms with Crippen LogP contribution in [-0.2, 0) is 14.9 Å². The van der Waals surface area contributed by atoms with E-state index < -0.39 is 33.6 Å². The first-order valence-electron chi connectivity index (χ1n) is 7.14. The molecule has 2 saturated heterocycles. The van der Waals surface area contributed by atoms with Crippen molar-refractivity contribution in [3.8, 4) is 0 Å². The number of carbonyl (C=O) groups excluding carboxylic acids is 2. The van der Waals surface area contributed by atoms with Crippen molar-refractivity contribution in [2.45, 2.75) is 6.42 Å². The Hall–Kier alpha value is 0.920. The van der Waals surface area contributed by atoms with E-state index in [0.29, 0.717) is 11.4 Å². The standard InChI is InChI=1S/C13H16N2O6S4.2Na/c16-11(17)8-15-12(22)9(24-13(15)18)2-3-10-14(5-6-23-10)4-1-7-25(19,20)21;;/h2-3H,1,4-8H2,(H,16,17)(H,19,20,21);;/q;2*+1/p-2/b9-2-,10-3?;;. The molecule has 0 spiro atoms. The zero-order valence-corrected chi connectivity index (χ0v) is 22.1. The van der Waals surface area contributed by atoms with Gasteiger partial charge < -0.3 is 19.4 Å². The summed E-state index contributed by atoms with van der Waals surface area (Å²) in [5, 5.41) is 11.1. The first-order valence-corrected chi connectivity index (χ1v) is 10.9. The molecule has 0 radical (unpaired) electrons. The van der Waals surface area contributed by atoms with E-state index in [1.54, 1.807) is 23.9 Å². The van der Waals surface area contributed by atoms with Crippen LogP contribution in [0.25, 0.3) is 0 Å². The molecule has 0 atom stereocenters. The van der Waals surface area contributed by atoms with Crippen LogP contribution in [0.1, 0.15) is 6.42 Å². The topological polar surface area (TPSA) is 121 Å². The summed E-state index contributed by atoms with van der Waals surface area (Å²) in [6.07, 6.45) is 3.64. The number of amides is 1. The van der Waals surface area contributed by atoms with Crippen LogP contribution in [0.4, 0.5) is 4.79 Å². The number of carboxylic acid groups (broad SMARTS) is 1. The number of rotatable bonds is 7. The van der Waals surface area contributed by atoms with Crippen LogP contribution in [0.2, 0.25) is 0 Å². The molecule has 138 valence electrons. The Morgan fingerprint density at radius 1 is 1.30 bits per heavy atom. The van der Waals surface area contributed by atoms with Crippen LogP contribution in [0.3, 0.4) is 0 Å². The van der Waals surface area contributed by atoms with E-state index in [9.17, 15) is 27.7 Å². The second kappa shape index (κ2) is 12.6. The molecule has 1 amide bonds. The van der Waals surface area contributed by atoms with E-state index >= 15 is 0 Å². The molecule has 0 N–H and O–H groups in total. The van der Waals surface area contributed by atoms with Crippen LogP contribution in [-0.4, -0.2) is 70.1 Å². The molecular weight excluding hydrogens is 454 g/mol. The molecule has 0 aromatic heterocycles. The third-order valence-corrected chi connectivity index (χ3v) is 6.66. The van der Waals surface area contributed by atoms with Gasteiger partial charge in [0.15, 0.2) is 0 Å². The van der Waals surface area contributed by atoms with Gasteiger partial charge in [0, 0.05) is 24.6 Å². The van der Waals surface area contributed by atoms with E-state index in [1.165, 1.54) is 0 Å². The first-order chi connectivity index (χ1) is 11.7. The molecule has 2 rings (SSSR count). The summed E-state index contributed by atoms with van der Waals surface area (Å²) in [7, 11) is -4.22. The van der Waals surface area contributed by atoms with E-state index in [2.05, 4.69) is 0 Å². The molecule has 8 nitrogen and oxygen atoms in total. The smallest absolute Gasteiger partial charge is 0.748 e. The van der Waals surface area contributed by atoms with Crippen molar-refractivity contribution in [1.82, 2.24) is 9.80 Å². The predicted molar refractivity (Wildman–Crippen MR) is 96.7 cm³/mol. The van der Waals surface area contributed by atoms with Crippen LogP contribution < -0.4 is 64.2 Å². The molecule has 0 bridgehead atoms. The number of hydrogen-bond donors (Lipinski definition) is 0. The number of hydrogen-bond acceptors (Lipinski definition) is 10. The third-order valence-electron chi connectivity index (χ3n) is 3.28. The maximum atomic E-state index is 11.8.